The van der Waals surface area contributed by atoms with Crippen LogP contribution in [0.3, 0.4) is 0 Å². The fourth-order valence-corrected chi connectivity index (χ4v) is 2.06. The van der Waals surface area contributed by atoms with Crippen molar-refractivity contribution in [2.75, 3.05) is 5.32 Å². The molecular formula is C15H11ClN4O. The summed E-state index contributed by atoms with van der Waals surface area (Å²) < 4.78 is 0. The number of benzene rings is 1. The lowest BCUT2D eigenvalue weighted by Crippen LogP contribution is -2.12. The van der Waals surface area contributed by atoms with E-state index < -0.39 is 0 Å². The van der Waals surface area contributed by atoms with E-state index >= 15 is 0 Å². The number of aromatic nitrogens is 3. The summed E-state index contributed by atoms with van der Waals surface area (Å²) >= 11 is 5.95. The van der Waals surface area contributed by atoms with Crippen molar-refractivity contribution >= 4 is 23.2 Å². The zero-order chi connectivity index (χ0) is 14.7. The molecule has 2 aromatic heterocycles. The number of nitrogens with one attached hydrogen (secondary N) is 2. The average molecular weight is 299 g/mol. The lowest BCUT2D eigenvalue weighted by Gasteiger charge is -2.01. The van der Waals surface area contributed by atoms with Crippen molar-refractivity contribution in [2.24, 2.45) is 0 Å². The molecule has 6 heteroatoms. The number of amides is 1. The zero-order valence-corrected chi connectivity index (χ0v) is 11.6. The lowest BCUT2D eigenvalue weighted by atomic mass is 10.1. The molecule has 0 aliphatic carbocycles. The first-order valence-corrected chi connectivity index (χ1v) is 6.63. The first-order chi connectivity index (χ1) is 10.2. The molecule has 2 heterocycles. The van der Waals surface area contributed by atoms with E-state index in [1.807, 2.05) is 12.1 Å². The first-order valence-electron chi connectivity index (χ1n) is 6.25. The first kappa shape index (κ1) is 13.3. The largest absolute Gasteiger partial charge is 0.319 e. The Morgan fingerprint density at radius 1 is 1.19 bits per heavy atom. The molecule has 3 aromatic rings. The molecule has 0 saturated carbocycles. The van der Waals surface area contributed by atoms with Crippen LogP contribution in [0.1, 0.15) is 10.5 Å². The molecular weight excluding hydrogens is 288 g/mol. The van der Waals surface area contributed by atoms with E-state index in [1.165, 1.54) is 0 Å². The van der Waals surface area contributed by atoms with E-state index in [-0.39, 0.29) is 5.91 Å². The monoisotopic (exact) mass is 298 g/mol. The van der Waals surface area contributed by atoms with Crippen LogP contribution in [-0.2, 0) is 0 Å². The third-order valence-corrected chi connectivity index (χ3v) is 3.10. The van der Waals surface area contributed by atoms with E-state index in [0.29, 0.717) is 22.1 Å². The van der Waals surface area contributed by atoms with Gasteiger partial charge in [-0.1, -0.05) is 23.7 Å². The number of anilines is 1. The Hall–Kier alpha value is -2.66. The lowest BCUT2D eigenvalue weighted by molar-refractivity contribution is 0.102. The fourth-order valence-electron chi connectivity index (χ4n) is 1.87. The second kappa shape index (κ2) is 5.76. The number of hydrogen-bond donors (Lipinski definition) is 2. The molecule has 104 valence electrons. The summed E-state index contributed by atoms with van der Waals surface area (Å²) in [5.41, 5.74) is 2.50. The third-order valence-electron chi connectivity index (χ3n) is 2.86. The van der Waals surface area contributed by atoms with Gasteiger partial charge in [0.2, 0.25) is 0 Å². The number of carbonyl (C=O) groups is 1. The Morgan fingerprint density at radius 3 is 2.86 bits per heavy atom. The minimum atomic E-state index is -0.274. The molecule has 0 radical (unpaired) electrons. The van der Waals surface area contributed by atoms with Crippen molar-refractivity contribution < 1.29 is 4.79 Å². The number of halogens is 1. The number of nitrogens with zero attached hydrogens (tertiary/aromatic N) is 2. The van der Waals surface area contributed by atoms with E-state index in [4.69, 9.17) is 11.6 Å². The van der Waals surface area contributed by atoms with Crippen LogP contribution in [0.4, 0.5) is 5.69 Å². The van der Waals surface area contributed by atoms with Crippen molar-refractivity contribution in [1.82, 2.24) is 15.2 Å². The summed E-state index contributed by atoms with van der Waals surface area (Å²) in [7, 11) is 0. The smallest absolute Gasteiger partial charge is 0.273 e. The molecule has 1 amide bonds. The molecule has 0 unspecified atom stereocenters. The van der Waals surface area contributed by atoms with E-state index in [2.05, 4.69) is 20.5 Å². The maximum absolute atomic E-state index is 12.1. The molecule has 5 nitrogen and oxygen atoms in total. The van der Waals surface area contributed by atoms with Crippen LogP contribution in [0.5, 0.6) is 0 Å². The molecule has 2 N–H and O–H groups in total. The van der Waals surface area contributed by atoms with Crippen LogP contribution in [-0.4, -0.2) is 21.1 Å². The van der Waals surface area contributed by atoms with E-state index in [9.17, 15) is 4.79 Å². The quantitative estimate of drug-likeness (QED) is 0.778. The van der Waals surface area contributed by atoms with Gasteiger partial charge < -0.3 is 5.32 Å². The van der Waals surface area contributed by atoms with Gasteiger partial charge in [-0.25, -0.2) is 0 Å². The standard InChI is InChI=1S/C15H11ClN4O/c16-11-4-1-3-10(7-11)13-8-14(20-19-13)15(21)18-12-5-2-6-17-9-12/h1-9H,(H,18,21)(H,19,20). The van der Waals surface area contributed by atoms with Crippen LogP contribution in [0.25, 0.3) is 11.3 Å². The van der Waals surface area contributed by atoms with Gasteiger partial charge in [-0.2, -0.15) is 5.10 Å². The maximum Gasteiger partial charge on any atom is 0.273 e. The van der Waals surface area contributed by atoms with Crippen LogP contribution < -0.4 is 5.32 Å². The van der Waals surface area contributed by atoms with Crippen LogP contribution >= 0.6 is 11.6 Å². The second-order valence-corrected chi connectivity index (χ2v) is 4.81. The molecule has 0 fully saturated rings. The maximum atomic E-state index is 12.1. The number of rotatable bonds is 3. The van der Waals surface area contributed by atoms with Crippen molar-refractivity contribution in [3.63, 3.8) is 0 Å². The molecule has 0 bridgehead atoms. The van der Waals surface area contributed by atoms with Gasteiger partial charge >= 0.3 is 0 Å². The van der Waals surface area contributed by atoms with E-state index in [0.717, 1.165) is 5.56 Å². The Bertz CT molecular complexity index is 770. The zero-order valence-electron chi connectivity index (χ0n) is 10.9. The van der Waals surface area contributed by atoms with Crippen molar-refractivity contribution in [3.05, 3.63) is 65.6 Å². The number of H-pyrrole nitrogens is 1. The predicted octanol–water partition coefficient (Wildman–Crippen LogP) is 3.38. The number of pyridine rings is 1. The van der Waals surface area contributed by atoms with Gasteiger partial charge in [-0.05, 0) is 30.3 Å². The van der Waals surface area contributed by atoms with Gasteiger partial charge in [0.15, 0.2) is 0 Å². The summed E-state index contributed by atoms with van der Waals surface area (Å²) in [6.45, 7) is 0. The topological polar surface area (TPSA) is 70.7 Å². The van der Waals surface area contributed by atoms with E-state index in [1.54, 1.807) is 42.7 Å². The fraction of sp³-hybridized carbons (Fsp3) is 0. The van der Waals surface area contributed by atoms with Gasteiger partial charge in [-0.15, -0.1) is 0 Å². The Balaban J connectivity index is 1.80. The Morgan fingerprint density at radius 2 is 2.10 bits per heavy atom. The van der Waals surface area contributed by atoms with Gasteiger partial charge in [0.1, 0.15) is 5.69 Å². The van der Waals surface area contributed by atoms with Crippen molar-refractivity contribution in [2.45, 2.75) is 0 Å². The van der Waals surface area contributed by atoms with Gasteiger partial charge in [0.25, 0.3) is 5.91 Å². The summed E-state index contributed by atoms with van der Waals surface area (Å²) in [5.74, 6) is -0.274. The molecule has 0 aliphatic heterocycles. The van der Waals surface area contributed by atoms with Crippen molar-refractivity contribution in [3.8, 4) is 11.3 Å². The molecule has 3 rings (SSSR count). The summed E-state index contributed by atoms with van der Waals surface area (Å²) in [5, 5.41) is 10.2. The van der Waals surface area contributed by atoms with Crippen LogP contribution in [0.15, 0.2) is 54.9 Å². The van der Waals surface area contributed by atoms with Crippen LogP contribution in [0, 0.1) is 0 Å². The second-order valence-electron chi connectivity index (χ2n) is 4.37. The number of carbonyl (C=O) groups excluding carboxylic acids is 1. The van der Waals surface area contributed by atoms with Gasteiger partial charge in [0, 0.05) is 16.8 Å². The molecule has 21 heavy (non-hydrogen) atoms. The summed E-state index contributed by atoms with van der Waals surface area (Å²) in [4.78, 5) is 16.0. The number of aromatic amines is 1. The Labute approximate surface area is 126 Å². The number of hydrogen-bond acceptors (Lipinski definition) is 3. The molecule has 1 aromatic carbocycles. The molecule has 0 atom stereocenters. The minimum absolute atomic E-state index is 0.274. The third kappa shape index (κ3) is 3.09. The summed E-state index contributed by atoms with van der Waals surface area (Å²) in [6, 6.07) is 12.5. The van der Waals surface area contributed by atoms with Crippen LogP contribution in [0.2, 0.25) is 5.02 Å². The highest BCUT2D eigenvalue weighted by molar-refractivity contribution is 6.30. The summed E-state index contributed by atoms with van der Waals surface area (Å²) in [6.07, 6.45) is 3.22. The van der Waals surface area contributed by atoms with Gasteiger partial charge in [-0.3, -0.25) is 14.9 Å². The minimum Gasteiger partial charge on any atom is -0.319 e. The molecule has 0 aliphatic rings. The highest BCUT2D eigenvalue weighted by Gasteiger charge is 2.11. The highest BCUT2D eigenvalue weighted by atomic mass is 35.5. The van der Waals surface area contributed by atoms with Gasteiger partial charge in [0.05, 0.1) is 17.6 Å². The SMILES string of the molecule is O=C(Nc1cccnc1)c1cc(-c2cccc(Cl)c2)n[nH]1. The Kier molecular flexibility index (Phi) is 3.66. The normalized spacial score (nSPS) is 10.3. The van der Waals surface area contributed by atoms with Crippen molar-refractivity contribution in [1.29, 1.82) is 0 Å². The molecule has 0 saturated heterocycles. The molecule has 0 spiro atoms. The predicted molar refractivity (Wildman–Crippen MR) is 81.2 cm³/mol. The highest BCUT2D eigenvalue weighted by Crippen LogP contribution is 2.21. The average Bonchev–Trinajstić information content (AvgIpc) is 2.98.